The summed E-state index contributed by atoms with van der Waals surface area (Å²) >= 11 is 3.51. The maximum Gasteiger partial charge on any atom is 0.141 e. The van der Waals surface area contributed by atoms with Crippen molar-refractivity contribution in [3.63, 3.8) is 0 Å². The van der Waals surface area contributed by atoms with E-state index in [4.69, 9.17) is 10.7 Å². The van der Waals surface area contributed by atoms with Gasteiger partial charge in [-0.3, -0.25) is 0 Å². The molecule has 1 aliphatic carbocycles. The van der Waals surface area contributed by atoms with Crippen LogP contribution in [0.3, 0.4) is 0 Å². The van der Waals surface area contributed by atoms with Gasteiger partial charge in [0.05, 0.1) is 10.2 Å². The molecular weight excluding hydrogens is 314 g/mol. The monoisotopic (exact) mass is 331 g/mol. The predicted molar refractivity (Wildman–Crippen MR) is 84.8 cm³/mol. The summed E-state index contributed by atoms with van der Waals surface area (Å²) in [6.45, 7) is 4.23. The van der Waals surface area contributed by atoms with Gasteiger partial charge in [-0.05, 0) is 48.2 Å². The molecule has 1 aromatic carbocycles. The molecule has 0 unspecified atom stereocenters. The van der Waals surface area contributed by atoms with E-state index in [1.807, 2.05) is 0 Å². The molecule has 0 amide bonds. The first-order valence-corrected chi connectivity index (χ1v) is 7.71. The van der Waals surface area contributed by atoms with E-state index in [1.54, 1.807) is 0 Å². The molecule has 0 spiro atoms. The molecule has 1 heterocycles. The summed E-state index contributed by atoms with van der Waals surface area (Å²) in [4.78, 5) is 9.13. The van der Waals surface area contributed by atoms with Crippen LogP contribution in [-0.4, -0.2) is 9.97 Å². The molecule has 0 atom stereocenters. The molecule has 3 rings (SSSR count). The second-order valence-electron chi connectivity index (χ2n) is 5.67. The summed E-state index contributed by atoms with van der Waals surface area (Å²) in [6, 6.07) is 6.55. The molecular formula is C16H18BrN3. The van der Waals surface area contributed by atoms with E-state index < -0.39 is 0 Å². The van der Waals surface area contributed by atoms with E-state index in [1.165, 1.54) is 29.5 Å². The minimum absolute atomic E-state index is 0.557. The Morgan fingerprint density at radius 3 is 2.40 bits per heavy atom. The average Bonchev–Trinajstić information content (AvgIpc) is 3.16. The SMILES string of the molecule is Cc1cc(C)cc(Cc2nc(N)c(Br)c(C3CC3)n2)c1. The summed E-state index contributed by atoms with van der Waals surface area (Å²) in [5.41, 5.74) is 10.9. The van der Waals surface area contributed by atoms with Crippen molar-refractivity contribution in [2.24, 2.45) is 0 Å². The molecule has 4 heteroatoms. The number of hydrogen-bond acceptors (Lipinski definition) is 3. The van der Waals surface area contributed by atoms with Gasteiger partial charge in [0.2, 0.25) is 0 Å². The molecule has 20 heavy (non-hydrogen) atoms. The van der Waals surface area contributed by atoms with Gasteiger partial charge in [-0.2, -0.15) is 0 Å². The van der Waals surface area contributed by atoms with E-state index in [9.17, 15) is 0 Å². The first kappa shape index (κ1) is 13.6. The molecule has 1 aromatic heterocycles. The van der Waals surface area contributed by atoms with Gasteiger partial charge in [0.1, 0.15) is 11.6 Å². The van der Waals surface area contributed by atoms with E-state index in [-0.39, 0.29) is 0 Å². The van der Waals surface area contributed by atoms with Gasteiger partial charge in [-0.25, -0.2) is 9.97 Å². The molecule has 1 aliphatic rings. The van der Waals surface area contributed by atoms with Gasteiger partial charge in [0.25, 0.3) is 0 Å². The molecule has 3 nitrogen and oxygen atoms in total. The Kier molecular flexibility index (Phi) is 3.50. The Balaban J connectivity index is 1.94. The Morgan fingerprint density at radius 2 is 1.80 bits per heavy atom. The molecule has 0 radical (unpaired) electrons. The van der Waals surface area contributed by atoms with E-state index in [0.717, 1.165) is 22.4 Å². The predicted octanol–water partition coefficient (Wildman–Crippen LogP) is 3.91. The number of benzene rings is 1. The Hall–Kier alpha value is -1.42. The highest BCUT2D eigenvalue weighted by Gasteiger charge is 2.29. The third kappa shape index (κ3) is 2.85. The molecule has 0 aliphatic heterocycles. The molecule has 0 saturated heterocycles. The number of nitrogens with two attached hydrogens (primary N) is 1. The highest BCUT2D eigenvalue weighted by molar-refractivity contribution is 9.10. The van der Waals surface area contributed by atoms with Crippen LogP contribution in [0.25, 0.3) is 0 Å². The summed E-state index contributed by atoms with van der Waals surface area (Å²) in [7, 11) is 0. The number of halogens is 1. The number of nitrogens with zero attached hydrogens (tertiary/aromatic N) is 2. The fraction of sp³-hybridized carbons (Fsp3) is 0.375. The molecule has 104 valence electrons. The van der Waals surface area contributed by atoms with Crippen LogP contribution in [0.5, 0.6) is 0 Å². The number of rotatable bonds is 3. The first-order chi connectivity index (χ1) is 9.52. The number of aromatic nitrogens is 2. The summed E-state index contributed by atoms with van der Waals surface area (Å²) < 4.78 is 0.879. The van der Waals surface area contributed by atoms with Crippen LogP contribution in [0, 0.1) is 13.8 Å². The molecule has 1 fully saturated rings. The second-order valence-corrected chi connectivity index (χ2v) is 6.46. The van der Waals surface area contributed by atoms with Crippen molar-refractivity contribution in [2.75, 3.05) is 5.73 Å². The first-order valence-electron chi connectivity index (χ1n) is 6.92. The molecule has 1 saturated carbocycles. The largest absolute Gasteiger partial charge is 0.383 e. The van der Waals surface area contributed by atoms with Crippen LogP contribution < -0.4 is 5.73 Å². The van der Waals surface area contributed by atoms with Gasteiger partial charge in [-0.15, -0.1) is 0 Å². The van der Waals surface area contributed by atoms with Crippen molar-refractivity contribution in [1.82, 2.24) is 9.97 Å². The van der Waals surface area contributed by atoms with Crippen molar-refractivity contribution < 1.29 is 0 Å². The number of aryl methyl sites for hydroxylation is 2. The van der Waals surface area contributed by atoms with Gasteiger partial charge in [0.15, 0.2) is 0 Å². The zero-order valence-electron chi connectivity index (χ0n) is 11.8. The fourth-order valence-corrected chi connectivity index (χ4v) is 3.09. The average molecular weight is 332 g/mol. The Morgan fingerprint density at radius 1 is 1.15 bits per heavy atom. The van der Waals surface area contributed by atoms with Crippen LogP contribution >= 0.6 is 15.9 Å². The van der Waals surface area contributed by atoms with Crippen molar-refractivity contribution in [3.05, 3.63) is 50.9 Å². The maximum absolute atomic E-state index is 6.00. The highest BCUT2D eigenvalue weighted by Crippen LogP contribution is 2.43. The third-order valence-corrected chi connectivity index (χ3v) is 4.37. The summed E-state index contributed by atoms with van der Waals surface area (Å²) in [5.74, 6) is 1.94. The van der Waals surface area contributed by atoms with Crippen molar-refractivity contribution in [1.29, 1.82) is 0 Å². The number of nitrogen functional groups attached to an aromatic ring is 1. The van der Waals surface area contributed by atoms with Crippen LogP contribution in [0.1, 0.15) is 47.0 Å². The smallest absolute Gasteiger partial charge is 0.141 e. The Labute approximate surface area is 127 Å². The highest BCUT2D eigenvalue weighted by atomic mass is 79.9. The van der Waals surface area contributed by atoms with Crippen LogP contribution in [0.2, 0.25) is 0 Å². The van der Waals surface area contributed by atoms with E-state index >= 15 is 0 Å². The maximum atomic E-state index is 6.00. The lowest BCUT2D eigenvalue weighted by atomic mass is 10.0. The van der Waals surface area contributed by atoms with Crippen molar-refractivity contribution >= 4 is 21.7 Å². The lowest BCUT2D eigenvalue weighted by Gasteiger charge is -2.09. The summed E-state index contributed by atoms with van der Waals surface area (Å²) in [6.07, 6.45) is 3.15. The molecule has 0 bridgehead atoms. The van der Waals surface area contributed by atoms with Gasteiger partial charge in [0, 0.05) is 12.3 Å². The molecule has 2 aromatic rings. The van der Waals surface area contributed by atoms with Crippen LogP contribution in [-0.2, 0) is 6.42 Å². The quantitative estimate of drug-likeness (QED) is 0.927. The minimum Gasteiger partial charge on any atom is -0.383 e. The van der Waals surface area contributed by atoms with Crippen molar-refractivity contribution in [2.45, 2.75) is 39.0 Å². The topological polar surface area (TPSA) is 51.8 Å². The van der Waals surface area contributed by atoms with Crippen LogP contribution in [0.4, 0.5) is 5.82 Å². The third-order valence-electron chi connectivity index (χ3n) is 3.56. The van der Waals surface area contributed by atoms with Gasteiger partial charge < -0.3 is 5.73 Å². The lowest BCUT2D eigenvalue weighted by Crippen LogP contribution is -2.05. The van der Waals surface area contributed by atoms with E-state index in [0.29, 0.717) is 11.7 Å². The normalized spacial score (nSPS) is 14.6. The lowest BCUT2D eigenvalue weighted by molar-refractivity contribution is 0.894. The summed E-state index contributed by atoms with van der Waals surface area (Å²) in [5, 5.41) is 0. The second kappa shape index (κ2) is 5.17. The number of anilines is 1. The van der Waals surface area contributed by atoms with E-state index in [2.05, 4.69) is 53.0 Å². The standard InChI is InChI=1S/C16H18BrN3/c1-9-5-10(2)7-11(6-9)8-13-19-15(12-3-4-12)14(17)16(18)20-13/h5-7,12H,3-4,8H2,1-2H3,(H2,18,19,20). The molecule has 2 N–H and O–H groups in total. The fourth-order valence-electron chi connectivity index (χ4n) is 2.59. The minimum atomic E-state index is 0.557. The zero-order valence-corrected chi connectivity index (χ0v) is 13.4. The van der Waals surface area contributed by atoms with Gasteiger partial charge >= 0.3 is 0 Å². The van der Waals surface area contributed by atoms with Gasteiger partial charge in [-0.1, -0.05) is 29.3 Å². The van der Waals surface area contributed by atoms with Crippen molar-refractivity contribution in [3.8, 4) is 0 Å². The zero-order chi connectivity index (χ0) is 14.3. The Bertz CT molecular complexity index is 643. The number of hydrogen-bond donors (Lipinski definition) is 1. The van der Waals surface area contributed by atoms with Crippen LogP contribution in [0.15, 0.2) is 22.7 Å².